The molecule has 92 valence electrons. The summed E-state index contributed by atoms with van der Waals surface area (Å²) in [5.41, 5.74) is 1.70. The number of carbonyl (C=O) groups is 2. The standard InChI is InChI=1S/C13H11NO3S/c15-12(16)7-9-3-1-2-4-11(9)14-13(17)10-5-6-18-8-10/h1-6,8H,7H2,(H,14,17)(H,15,16). The molecule has 1 amide bonds. The second-order valence-corrected chi connectivity index (χ2v) is 4.47. The molecule has 0 radical (unpaired) electrons. The summed E-state index contributed by atoms with van der Waals surface area (Å²) in [4.78, 5) is 22.6. The van der Waals surface area contributed by atoms with Gasteiger partial charge in [0.05, 0.1) is 12.0 Å². The molecule has 0 saturated carbocycles. The first kappa shape index (κ1) is 12.3. The summed E-state index contributed by atoms with van der Waals surface area (Å²) in [5.74, 6) is -1.15. The lowest BCUT2D eigenvalue weighted by molar-refractivity contribution is -0.136. The topological polar surface area (TPSA) is 66.4 Å². The second kappa shape index (κ2) is 5.46. The normalized spacial score (nSPS) is 10.0. The second-order valence-electron chi connectivity index (χ2n) is 3.69. The minimum absolute atomic E-state index is 0.111. The van der Waals surface area contributed by atoms with Gasteiger partial charge in [0.15, 0.2) is 0 Å². The van der Waals surface area contributed by atoms with Crippen LogP contribution in [0, 0.1) is 0 Å². The van der Waals surface area contributed by atoms with Crippen molar-refractivity contribution in [2.45, 2.75) is 6.42 Å². The number of nitrogens with one attached hydrogen (secondary N) is 1. The van der Waals surface area contributed by atoms with Crippen LogP contribution in [-0.4, -0.2) is 17.0 Å². The summed E-state index contributed by atoms with van der Waals surface area (Å²) in [5, 5.41) is 15.1. The van der Waals surface area contributed by atoms with Gasteiger partial charge >= 0.3 is 5.97 Å². The number of benzene rings is 1. The summed E-state index contributed by atoms with van der Waals surface area (Å²) in [6.07, 6.45) is -0.111. The zero-order chi connectivity index (χ0) is 13.0. The van der Waals surface area contributed by atoms with Crippen molar-refractivity contribution >= 4 is 28.9 Å². The van der Waals surface area contributed by atoms with Crippen molar-refractivity contribution in [2.24, 2.45) is 0 Å². The molecule has 0 bridgehead atoms. The number of hydrogen-bond acceptors (Lipinski definition) is 3. The number of anilines is 1. The highest BCUT2D eigenvalue weighted by Crippen LogP contribution is 2.17. The van der Waals surface area contributed by atoms with E-state index in [0.29, 0.717) is 16.8 Å². The molecule has 0 aliphatic carbocycles. The molecule has 0 atom stereocenters. The van der Waals surface area contributed by atoms with Crippen molar-refractivity contribution in [1.82, 2.24) is 0 Å². The summed E-state index contributed by atoms with van der Waals surface area (Å²) in [6.45, 7) is 0. The maximum Gasteiger partial charge on any atom is 0.307 e. The lowest BCUT2D eigenvalue weighted by atomic mass is 10.1. The minimum atomic E-state index is -0.924. The molecular weight excluding hydrogens is 250 g/mol. The van der Waals surface area contributed by atoms with Gasteiger partial charge in [-0.2, -0.15) is 11.3 Å². The molecule has 1 aromatic heterocycles. The van der Waals surface area contributed by atoms with Crippen molar-refractivity contribution in [3.63, 3.8) is 0 Å². The van der Waals surface area contributed by atoms with Gasteiger partial charge in [-0.25, -0.2) is 0 Å². The molecule has 0 spiro atoms. The number of carboxylic acid groups (broad SMARTS) is 1. The maximum absolute atomic E-state index is 11.9. The fourth-order valence-corrected chi connectivity index (χ4v) is 2.18. The van der Waals surface area contributed by atoms with E-state index < -0.39 is 5.97 Å². The highest BCUT2D eigenvalue weighted by atomic mass is 32.1. The van der Waals surface area contributed by atoms with Crippen LogP contribution in [0.2, 0.25) is 0 Å². The third-order valence-electron chi connectivity index (χ3n) is 2.39. The molecule has 4 nitrogen and oxygen atoms in total. The molecule has 1 aromatic carbocycles. The summed E-state index contributed by atoms with van der Waals surface area (Å²) in [6, 6.07) is 8.62. The van der Waals surface area contributed by atoms with Crippen molar-refractivity contribution in [2.75, 3.05) is 5.32 Å². The Hall–Kier alpha value is -2.14. The van der Waals surface area contributed by atoms with Crippen LogP contribution in [0.4, 0.5) is 5.69 Å². The zero-order valence-corrected chi connectivity index (χ0v) is 10.2. The smallest absolute Gasteiger partial charge is 0.307 e. The molecular formula is C13H11NO3S. The number of hydrogen-bond donors (Lipinski definition) is 2. The maximum atomic E-state index is 11.9. The minimum Gasteiger partial charge on any atom is -0.481 e. The first-order valence-electron chi connectivity index (χ1n) is 5.30. The number of carbonyl (C=O) groups excluding carboxylic acids is 1. The average Bonchev–Trinajstić information content (AvgIpc) is 2.84. The van der Waals surface area contributed by atoms with Crippen LogP contribution < -0.4 is 5.32 Å². The van der Waals surface area contributed by atoms with Gasteiger partial charge in [0.1, 0.15) is 0 Å². The number of carboxylic acids is 1. The Balaban J connectivity index is 2.18. The van der Waals surface area contributed by atoms with E-state index in [-0.39, 0.29) is 12.3 Å². The van der Waals surface area contributed by atoms with Crippen LogP contribution in [0.1, 0.15) is 15.9 Å². The van der Waals surface area contributed by atoms with E-state index in [1.807, 2.05) is 5.38 Å². The lowest BCUT2D eigenvalue weighted by Gasteiger charge is -2.08. The fraction of sp³-hybridized carbons (Fsp3) is 0.0769. The van der Waals surface area contributed by atoms with Gasteiger partial charge in [0.25, 0.3) is 5.91 Å². The quantitative estimate of drug-likeness (QED) is 0.889. The molecule has 2 aromatic rings. The predicted molar refractivity (Wildman–Crippen MR) is 70.1 cm³/mol. The largest absolute Gasteiger partial charge is 0.481 e. The summed E-state index contributed by atoms with van der Waals surface area (Å²) in [7, 11) is 0. The third kappa shape index (κ3) is 2.95. The Bertz CT molecular complexity index is 563. The Kier molecular flexibility index (Phi) is 3.74. The summed E-state index contributed by atoms with van der Waals surface area (Å²) < 4.78 is 0. The van der Waals surface area contributed by atoms with E-state index in [2.05, 4.69) is 5.32 Å². The van der Waals surface area contributed by atoms with E-state index in [1.54, 1.807) is 35.7 Å². The average molecular weight is 261 g/mol. The molecule has 0 unspecified atom stereocenters. The number of para-hydroxylation sites is 1. The van der Waals surface area contributed by atoms with Gasteiger partial charge < -0.3 is 10.4 Å². The predicted octanol–water partition coefficient (Wildman–Crippen LogP) is 2.63. The van der Waals surface area contributed by atoms with Gasteiger partial charge in [-0.15, -0.1) is 0 Å². The van der Waals surface area contributed by atoms with E-state index >= 15 is 0 Å². The molecule has 2 rings (SSSR count). The Morgan fingerprint density at radius 3 is 2.67 bits per heavy atom. The van der Waals surface area contributed by atoms with Crippen molar-refractivity contribution < 1.29 is 14.7 Å². The molecule has 0 aliphatic heterocycles. The molecule has 0 aliphatic rings. The van der Waals surface area contributed by atoms with Gasteiger partial charge in [0, 0.05) is 11.1 Å². The van der Waals surface area contributed by atoms with E-state index in [0.717, 1.165) is 0 Å². The van der Waals surface area contributed by atoms with Crippen LogP contribution in [0.5, 0.6) is 0 Å². The first-order chi connectivity index (χ1) is 8.66. The van der Waals surface area contributed by atoms with Gasteiger partial charge in [-0.3, -0.25) is 9.59 Å². The Morgan fingerprint density at radius 1 is 1.22 bits per heavy atom. The number of rotatable bonds is 4. The van der Waals surface area contributed by atoms with Crippen molar-refractivity contribution in [3.05, 3.63) is 52.2 Å². The van der Waals surface area contributed by atoms with Crippen LogP contribution in [-0.2, 0) is 11.2 Å². The van der Waals surface area contributed by atoms with E-state index in [9.17, 15) is 9.59 Å². The number of amides is 1. The fourth-order valence-electron chi connectivity index (χ4n) is 1.55. The van der Waals surface area contributed by atoms with Gasteiger partial charge in [-0.05, 0) is 23.1 Å². The van der Waals surface area contributed by atoms with Crippen LogP contribution in [0.3, 0.4) is 0 Å². The van der Waals surface area contributed by atoms with Crippen LogP contribution >= 0.6 is 11.3 Å². The molecule has 18 heavy (non-hydrogen) atoms. The van der Waals surface area contributed by atoms with Crippen molar-refractivity contribution in [1.29, 1.82) is 0 Å². The SMILES string of the molecule is O=C(O)Cc1ccccc1NC(=O)c1ccsc1. The third-order valence-corrected chi connectivity index (χ3v) is 3.07. The zero-order valence-electron chi connectivity index (χ0n) is 9.42. The van der Waals surface area contributed by atoms with Crippen LogP contribution in [0.15, 0.2) is 41.1 Å². The number of thiophene rings is 1. The monoisotopic (exact) mass is 261 g/mol. The summed E-state index contributed by atoms with van der Waals surface area (Å²) >= 11 is 1.44. The molecule has 5 heteroatoms. The first-order valence-corrected chi connectivity index (χ1v) is 6.24. The van der Waals surface area contributed by atoms with Crippen LogP contribution in [0.25, 0.3) is 0 Å². The molecule has 1 heterocycles. The van der Waals surface area contributed by atoms with E-state index in [1.165, 1.54) is 11.3 Å². The van der Waals surface area contributed by atoms with Gasteiger partial charge in [-0.1, -0.05) is 18.2 Å². The lowest BCUT2D eigenvalue weighted by Crippen LogP contribution is -2.13. The van der Waals surface area contributed by atoms with Crippen molar-refractivity contribution in [3.8, 4) is 0 Å². The highest BCUT2D eigenvalue weighted by molar-refractivity contribution is 7.08. The molecule has 0 fully saturated rings. The molecule has 0 saturated heterocycles. The highest BCUT2D eigenvalue weighted by Gasteiger charge is 2.10. The van der Waals surface area contributed by atoms with E-state index in [4.69, 9.17) is 5.11 Å². The number of aliphatic carboxylic acids is 1. The Labute approximate surface area is 108 Å². The Morgan fingerprint density at radius 2 is 2.00 bits per heavy atom. The molecule has 2 N–H and O–H groups in total. The van der Waals surface area contributed by atoms with Gasteiger partial charge in [0.2, 0.25) is 0 Å².